The van der Waals surface area contributed by atoms with Crippen molar-refractivity contribution in [3.8, 4) is 11.7 Å². The Labute approximate surface area is 160 Å². The van der Waals surface area contributed by atoms with Gasteiger partial charge in [0.15, 0.2) is 5.82 Å². The van der Waals surface area contributed by atoms with Gasteiger partial charge in [-0.1, -0.05) is 23.7 Å². The molecule has 1 aromatic carbocycles. The second-order valence-corrected chi connectivity index (χ2v) is 6.29. The molecule has 0 aliphatic rings. The summed E-state index contributed by atoms with van der Waals surface area (Å²) in [4.78, 5) is 16.4. The number of nitrogens with zero attached hydrogens (tertiary/aromatic N) is 3. The van der Waals surface area contributed by atoms with Gasteiger partial charge in [0.05, 0.1) is 18.7 Å². The topological polar surface area (TPSA) is 83.0 Å². The number of carbonyl (C=O) groups excluding carboxylic acids is 1. The number of pyridine rings is 1. The Morgan fingerprint density at radius 1 is 1.37 bits per heavy atom. The Morgan fingerprint density at radius 3 is 2.89 bits per heavy atom. The number of amides is 1. The smallest absolute Gasteiger partial charge is 0.225 e. The van der Waals surface area contributed by atoms with Crippen molar-refractivity contribution in [1.29, 1.82) is 0 Å². The van der Waals surface area contributed by atoms with E-state index >= 15 is 0 Å². The van der Waals surface area contributed by atoms with Crippen molar-refractivity contribution in [2.45, 2.75) is 19.3 Å². The molecule has 8 heteroatoms. The summed E-state index contributed by atoms with van der Waals surface area (Å²) in [5.74, 6) is -0.581. The Kier molecular flexibility index (Phi) is 5.71. The quantitative estimate of drug-likeness (QED) is 0.673. The van der Waals surface area contributed by atoms with Gasteiger partial charge < -0.3 is 10.5 Å². The fourth-order valence-electron chi connectivity index (χ4n) is 2.69. The van der Waals surface area contributed by atoms with Crippen LogP contribution in [0, 0.1) is 5.82 Å². The molecule has 0 spiro atoms. The minimum Gasteiger partial charge on any atom is -0.478 e. The van der Waals surface area contributed by atoms with Crippen molar-refractivity contribution in [3.05, 3.63) is 70.8 Å². The third kappa shape index (κ3) is 4.43. The van der Waals surface area contributed by atoms with E-state index in [2.05, 4.69) is 10.1 Å². The van der Waals surface area contributed by atoms with Crippen LogP contribution in [0.3, 0.4) is 0 Å². The first kappa shape index (κ1) is 18.8. The number of aromatic nitrogens is 3. The molecule has 1 atom stereocenters. The molecule has 0 saturated heterocycles. The van der Waals surface area contributed by atoms with Crippen LogP contribution in [-0.2, 0) is 11.2 Å². The highest BCUT2D eigenvalue weighted by molar-refractivity contribution is 6.31. The van der Waals surface area contributed by atoms with Crippen LogP contribution in [0.5, 0.6) is 5.88 Å². The molecular weight excluding hydrogens is 371 g/mol. The van der Waals surface area contributed by atoms with E-state index in [1.165, 1.54) is 12.1 Å². The number of halogens is 2. The van der Waals surface area contributed by atoms with Crippen LogP contribution in [0.1, 0.15) is 24.0 Å². The largest absolute Gasteiger partial charge is 0.478 e. The van der Waals surface area contributed by atoms with Gasteiger partial charge in [-0.25, -0.2) is 9.07 Å². The average molecular weight is 389 g/mol. The monoisotopic (exact) mass is 388 g/mol. The molecule has 6 nitrogen and oxygen atoms in total. The van der Waals surface area contributed by atoms with Gasteiger partial charge >= 0.3 is 0 Å². The Hall–Kier alpha value is -2.93. The summed E-state index contributed by atoms with van der Waals surface area (Å²) in [6.45, 7) is 2.38. The molecule has 0 saturated carbocycles. The van der Waals surface area contributed by atoms with Crippen LogP contribution in [-0.4, -0.2) is 27.3 Å². The van der Waals surface area contributed by atoms with Crippen LogP contribution in [0.2, 0.25) is 5.02 Å². The van der Waals surface area contributed by atoms with Gasteiger partial charge in [0, 0.05) is 22.8 Å². The second-order valence-electron chi connectivity index (χ2n) is 5.88. The van der Waals surface area contributed by atoms with Crippen molar-refractivity contribution < 1.29 is 13.9 Å². The zero-order valence-electron chi connectivity index (χ0n) is 14.6. The van der Waals surface area contributed by atoms with E-state index in [1.807, 2.05) is 6.92 Å². The first-order valence-corrected chi connectivity index (χ1v) is 8.73. The van der Waals surface area contributed by atoms with E-state index in [4.69, 9.17) is 22.1 Å². The zero-order chi connectivity index (χ0) is 19.4. The normalized spacial score (nSPS) is 12.0. The highest BCUT2D eigenvalue weighted by Crippen LogP contribution is 2.26. The maximum atomic E-state index is 13.2. The van der Waals surface area contributed by atoms with Crippen LogP contribution < -0.4 is 10.5 Å². The van der Waals surface area contributed by atoms with Gasteiger partial charge in [-0.3, -0.25) is 4.79 Å². The number of hydrogen-bond donors (Lipinski definition) is 1. The summed E-state index contributed by atoms with van der Waals surface area (Å²) in [5, 5.41) is 4.52. The van der Waals surface area contributed by atoms with Crippen LogP contribution >= 0.6 is 11.6 Å². The molecule has 2 aromatic heterocycles. The Balaban J connectivity index is 1.87. The summed E-state index contributed by atoms with van der Waals surface area (Å²) in [5.41, 5.74) is 6.83. The van der Waals surface area contributed by atoms with Gasteiger partial charge in [0.2, 0.25) is 11.8 Å². The number of nitrogens with two attached hydrogens (primary N) is 1. The maximum Gasteiger partial charge on any atom is 0.225 e. The molecule has 1 unspecified atom stereocenters. The third-order valence-electron chi connectivity index (χ3n) is 4.02. The molecule has 3 rings (SSSR count). The lowest BCUT2D eigenvalue weighted by atomic mass is 9.93. The summed E-state index contributed by atoms with van der Waals surface area (Å²) in [7, 11) is 0. The summed E-state index contributed by atoms with van der Waals surface area (Å²) in [6, 6.07) is 9.38. The lowest BCUT2D eigenvalue weighted by molar-refractivity contribution is -0.119. The average Bonchev–Trinajstić information content (AvgIpc) is 3.11. The predicted octanol–water partition coefficient (Wildman–Crippen LogP) is 3.27. The van der Waals surface area contributed by atoms with Crippen LogP contribution in [0.25, 0.3) is 5.82 Å². The lowest BCUT2D eigenvalue weighted by Gasteiger charge is -2.12. The standard InChI is InChI=1S/C19H18ClFN4O2/c1-2-27-18-5-3-4-17(24-18)25-11-13(10-23-25)15(19(22)26)8-12-6-7-14(21)9-16(12)20/h3-7,9-11,15H,2,8H2,1H3,(H2,22,26). The van der Waals surface area contributed by atoms with E-state index in [-0.39, 0.29) is 11.4 Å². The highest BCUT2D eigenvalue weighted by Gasteiger charge is 2.22. The number of hydrogen-bond acceptors (Lipinski definition) is 4. The van der Waals surface area contributed by atoms with Gasteiger partial charge in [0.1, 0.15) is 5.82 Å². The SMILES string of the molecule is CCOc1cccc(-n2cc(C(Cc3ccc(F)cc3Cl)C(N)=O)cn2)n1. The van der Waals surface area contributed by atoms with Crippen molar-refractivity contribution in [3.63, 3.8) is 0 Å². The van der Waals surface area contributed by atoms with Crippen molar-refractivity contribution in [1.82, 2.24) is 14.8 Å². The minimum atomic E-state index is -0.656. The fraction of sp³-hybridized carbons (Fsp3) is 0.211. The van der Waals surface area contributed by atoms with Gasteiger partial charge in [-0.2, -0.15) is 10.1 Å². The molecule has 1 amide bonds. The van der Waals surface area contributed by atoms with E-state index < -0.39 is 17.6 Å². The summed E-state index contributed by atoms with van der Waals surface area (Å²) in [6.07, 6.45) is 3.49. The van der Waals surface area contributed by atoms with Crippen molar-refractivity contribution in [2.24, 2.45) is 5.73 Å². The van der Waals surface area contributed by atoms with Crippen LogP contribution in [0.4, 0.5) is 4.39 Å². The van der Waals surface area contributed by atoms with E-state index in [9.17, 15) is 9.18 Å². The lowest BCUT2D eigenvalue weighted by Crippen LogP contribution is -2.23. The fourth-order valence-corrected chi connectivity index (χ4v) is 2.94. The first-order chi connectivity index (χ1) is 13.0. The predicted molar refractivity (Wildman–Crippen MR) is 99.6 cm³/mol. The number of ether oxygens (including phenoxy) is 1. The first-order valence-electron chi connectivity index (χ1n) is 8.36. The Morgan fingerprint density at radius 2 is 2.19 bits per heavy atom. The number of rotatable bonds is 7. The molecule has 3 aromatic rings. The second kappa shape index (κ2) is 8.18. The van der Waals surface area contributed by atoms with Crippen LogP contribution in [0.15, 0.2) is 48.8 Å². The maximum absolute atomic E-state index is 13.2. The molecule has 0 aliphatic heterocycles. The van der Waals surface area contributed by atoms with E-state index in [0.29, 0.717) is 29.4 Å². The molecular formula is C19H18ClFN4O2. The molecule has 2 N–H and O–H groups in total. The van der Waals surface area contributed by atoms with Gasteiger partial charge in [-0.15, -0.1) is 0 Å². The number of primary amides is 1. The van der Waals surface area contributed by atoms with Crippen molar-refractivity contribution >= 4 is 17.5 Å². The third-order valence-corrected chi connectivity index (χ3v) is 4.38. The molecule has 0 fully saturated rings. The number of benzene rings is 1. The van der Waals surface area contributed by atoms with Gasteiger partial charge in [-0.05, 0) is 37.1 Å². The molecule has 2 heterocycles. The van der Waals surface area contributed by atoms with Gasteiger partial charge in [0.25, 0.3) is 0 Å². The molecule has 140 valence electrons. The number of carbonyl (C=O) groups is 1. The molecule has 0 radical (unpaired) electrons. The van der Waals surface area contributed by atoms with E-state index in [0.717, 1.165) is 0 Å². The highest BCUT2D eigenvalue weighted by atomic mass is 35.5. The van der Waals surface area contributed by atoms with Crippen molar-refractivity contribution in [2.75, 3.05) is 6.61 Å². The zero-order valence-corrected chi connectivity index (χ0v) is 15.4. The minimum absolute atomic E-state index is 0.243. The Bertz CT molecular complexity index is 960. The molecule has 0 aliphatic carbocycles. The van der Waals surface area contributed by atoms with E-state index in [1.54, 1.807) is 41.3 Å². The molecule has 0 bridgehead atoms. The molecule has 27 heavy (non-hydrogen) atoms. The summed E-state index contributed by atoms with van der Waals surface area (Å²) >= 11 is 6.08. The summed E-state index contributed by atoms with van der Waals surface area (Å²) < 4.78 is 20.2.